The Kier molecular flexibility index (Phi) is 24.7. The molecule has 0 aromatic heterocycles. The number of aromatic hydroxyl groups is 2. The van der Waals surface area contributed by atoms with E-state index in [9.17, 15) is 98.4 Å². The van der Waals surface area contributed by atoms with Crippen molar-refractivity contribution in [3.05, 3.63) is 124 Å². The number of hydrogen-bond acceptors (Lipinski definition) is 17. The van der Waals surface area contributed by atoms with Gasteiger partial charge in [0.05, 0.1) is 25.6 Å². The largest absolute Gasteiger partial charge is 0.508 e. The number of carboxylic acids is 7. The minimum Gasteiger partial charge on any atom is -0.508 e. The van der Waals surface area contributed by atoms with E-state index < -0.39 is 133 Å². The molecule has 6 amide bonds. The van der Waals surface area contributed by atoms with E-state index in [2.05, 4.69) is 31.9 Å². The van der Waals surface area contributed by atoms with Crippen molar-refractivity contribution >= 4 is 71.4 Å². The van der Waals surface area contributed by atoms with Crippen LogP contribution in [0.5, 0.6) is 17.2 Å². The summed E-state index contributed by atoms with van der Waals surface area (Å²) < 4.78 is 5.70. The number of phenolic OH excluding ortho intramolecular Hbond substituents is 2. The molecule has 2 saturated carbocycles. The molecular weight excluding hydrogens is 1200 g/mol. The molecule has 2 fully saturated rings. The first-order chi connectivity index (χ1) is 43.2. The molecule has 91 heavy (non-hydrogen) atoms. The summed E-state index contributed by atoms with van der Waals surface area (Å²) in [6.45, 7) is -2.23. The van der Waals surface area contributed by atoms with Crippen molar-refractivity contribution in [1.29, 1.82) is 0 Å². The fraction of sp³-hybridized carbons (Fsp3) is 0.410. The number of urea groups is 1. The summed E-state index contributed by atoms with van der Waals surface area (Å²) in [6.07, 6.45) is -0.102. The second-order valence-electron chi connectivity index (χ2n) is 22.2. The zero-order chi connectivity index (χ0) is 66.6. The van der Waals surface area contributed by atoms with Gasteiger partial charge in [0, 0.05) is 69.0 Å². The van der Waals surface area contributed by atoms with E-state index in [1.54, 1.807) is 54.6 Å². The number of carbonyl (C=O) groups is 12. The number of nitrogens with one attached hydrogen (secondary N) is 6. The molecule has 0 radical (unpaired) electrons. The number of ether oxygens (including phenoxy) is 1. The van der Waals surface area contributed by atoms with Crippen LogP contribution in [-0.4, -0.2) is 196 Å². The number of rotatable bonds is 39. The Morgan fingerprint density at radius 3 is 1.67 bits per heavy atom. The quantitative estimate of drug-likeness (QED) is 0.0275. The normalized spacial score (nSPS) is 17.7. The van der Waals surface area contributed by atoms with Crippen LogP contribution in [0.4, 0.5) is 4.79 Å². The van der Waals surface area contributed by atoms with Crippen molar-refractivity contribution in [3.63, 3.8) is 0 Å². The summed E-state index contributed by atoms with van der Waals surface area (Å²) in [5.74, 6) is -13.7. The van der Waals surface area contributed by atoms with Gasteiger partial charge in [0.2, 0.25) is 17.7 Å². The van der Waals surface area contributed by atoms with Crippen LogP contribution < -0.4 is 36.6 Å². The first kappa shape index (κ1) is 69.7. The van der Waals surface area contributed by atoms with Crippen LogP contribution in [0.1, 0.15) is 84.2 Å². The summed E-state index contributed by atoms with van der Waals surface area (Å²) in [5, 5.41) is 103. The number of aliphatic carboxylic acids is 7. The molecule has 2 aliphatic rings. The van der Waals surface area contributed by atoms with Crippen LogP contribution in [0.3, 0.4) is 0 Å². The Morgan fingerprint density at radius 1 is 0.571 bits per heavy atom. The molecule has 15 N–H and O–H groups in total. The Morgan fingerprint density at radius 2 is 1.14 bits per heavy atom. The Labute approximate surface area is 519 Å². The third kappa shape index (κ3) is 21.2. The Hall–Kier alpha value is -10.4. The summed E-state index contributed by atoms with van der Waals surface area (Å²) >= 11 is 0. The van der Waals surface area contributed by atoms with Crippen molar-refractivity contribution in [2.45, 2.75) is 106 Å². The van der Waals surface area contributed by atoms with Gasteiger partial charge in [0.15, 0.2) is 12.1 Å². The minimum absolute atomic E-state index is 0.00264. The third-order valence-corrected chi connectivity index (χ3v) is 15.3. The van der Waals surface area contributed by atoms with Gasteiger partial charge in [-0.15, -0.1) is 0 Å². The van der Waals surface area contributed by atoms with Crippen molar-refractivity contribution in [3.8, 4) is 17.2 Å². The van der Waals surface area contributed by atoms with Gasteiger partial charge in [0.25, 0.3) is 5.91 Å². The van der Waals surface area contributed by atoms with Crippen LogP contribution in [0.25, 0.3) is 0 Å². The van der Waals surface area contributed by atoms with E-state index >= 15 is 0 Å². The lowest BCUT2D eigenvalue weighted by molar-refractivity contribution is -0.146. The monoisotopic (exact) mass is 1270 g/mol. The van der Waals surface area contributed by atoms with Gasteiger partial charge in [-0.25, -0.2) is 19.2 Å². The fourth-order valence-electron chi connectivity index (χ4n) is 10.3. The number of aryl methyl sites for hydroxylation is 2. The number of nitrogens with zero attached hydrogens (tertiary/aromatic N) is 2. The first-order valence-corrected chi connectivity index (χ1v) is 28.8. The fourth-order valence-corrected chi connectivity index (χ4v) is 10.3. The average Bonchev–Trinajstić information content (AvgIpc) is 1.59. The van der Waals surface area contributed by atoms with Crippen molar-refractivity contribution in [2.24, 2.45) is 5.92 Å². The first-order valence-electron chi connectivity index (χ1n) is 28.8. The summed E-state index contributed by atoms with van der Waals surface area (Å²) in [5.41, 5.74) is -0.424. The zero-order valence-electron chi connectivity index (χ0n) is 49.1. The number of benzene rings is 4. The average molecular weight is 1270 g/mol. The lowest BCUT2D eigenvalue weighted by Crippen LogP contribution is -2.53. The zero-order valence-corrected chi connectivity index (χ0v) is 49.1. The summed E-state index contributed by atoms with van der Waals surface area (Å²) in [7, 11) is 0. The van der Waals surface area contributed by atoms with E-state index in [1.807, 2.05) is 0 Å². The molecule has 30 nitrogen and oxygen atoms in total. The maximum Gasteiger partial charge on any atom is 0.330 e. The van der Waals surface area contributed by atoms with Gasteiger partial charge in [-0.3, -0.25) is 48.2 Å². The number of carbonyl (C=O) groups excluding carboxylic acids is 5. The predicted octanol–water partition coefficient (Wildman–Crippen LogP) is 0.837. The molecule has 0 saturated heterocycles. The molecule has 6 rings (SSSR count). The second-order valence-corrected chi connectivity index (χ2v) is 22.2. The highest BCUT2D eigenvalue weighted by Crippen LogP contribution is 2.51. The summed E-state index contributed by atoms with van der Waals surface area (Å²) in [6, 6.07) is 19.8. The lowest BCUT2D eigenvalue weighted by atomic mass is 10.0. The molecule has 488 valence electrons. The van der Waals surface area contributed by atoms with Gasteiger partial charge in [-0.2, -0.15) is 0 Å². The number of amides is 6. The molecule has 2 aliphatic carbocycles. The smallest absolute Gasteiger partial charge is 0.330 e. The van der Waals surface area contributed by atoms with Crippen molar-refractivity contribution in [2.75, 3.05) is 45.9 Å². The highest BCUT2D eigenvalue weighted by Gasteiger charge is 2.66. The maximum absolute atomic E-state index is 13.7. The standard InChI is InChI=1S/C61H72N8O22/c70-46-17-11-35(24-39(46)30-68(32-52(77)78)22-23-69(33-53(79)80)31-40-25-36(12-18-47(40)71)14-20-51(75)76)13-19-48(72)63-29-49(73)64-45(56(85)86)26-37-9-15-41(16-10-37)91-34-50(74)66-60(27-42(60)38-6-2-1-3-7-38)57(87)62-21-5-4-8-44(55(83)84)65-59(90)67-61(58(88)89)28-43(61)54(81)82/h1-3,6-7,9-12,15-18,24-25,42-45,70-71H,4-5,8,13-14,19-23,26-34H2,(H,62,87)(H,63,72)(H,64,73)(H,66,74)(H,75,76)(H,77,78)(H,79,80)(H,81,82)(H,83,84)(H,85,86)(H,88,89)(H2,65,67,90)/t42?,43?,44-,45+,60?,61?/m0/s1. The van der Waals surface area contributed by atoms with Gasteiger partial charge >= 0.3 is 47.8 Å². The van der Waals surface area contributed by atoms with Gasteiger partial charge in [-0.05, 0) is 91.5 Å². The van der Waals surface area contributed by atoms with Gasteiger partial charge in [-0.1, -0.05) is 66.7 Å². The molecule has 4 aromatic rings. The number of carboxylic acid groups (broad SMARTS) is 7. The van der Waals surface area contributed by atoms with Crippen LogP contribution >= 0.6 is 0 Å². The molecule has 0 bridgehead atoms. The van der Waals surface area contributed by atoms with E-state index in [1.165, 1.54) is 46.2 Å². The van der Waals surface area contributed by atoms with Crippen LogP contribution in [0.2, 0.25) is 0 Å². The van der Waals surface area contributed by atoms with E-state index in [-0.39, 0.29) is 114 Å². The molecule has 4 unspecified atom stereocenters. The van der Waals surface area contributed by atoms with Crippen molar-refractivity contribution < 1.29 is 108 Å². The molecular formula is C61H72N8O22. The van der Waals surface area contributed by atoms with Crippen molar-refractivity contribution in [1.82, 2.24) is 41.7 Å². The number of phenols is 2. The van der Waals surface area contributed by atoms with E-state index in [4.69, 9.17) is 9.84 Å². The Bertz CT molecular complexity index is 3350. The molecule has 0 spiro atoms. The highest BCUT2D eigenvalue weighted by atomic mass is 16.5. The topological polar surface area (TPSA) is 475 Å². The number of hydrogen-bond donors (Lipinski definition) is 15. The SMILES string of the molecule is O=C(O)CCc1ccc(O)c(CN(CCN(CC(=O)O)Cc2cc(CCC(=O)NCC(=O)N[C@H](Cc3ccc(OCC(=O)NC4(C(=O)NCCCC[C@H](NC(=O)NC5(C(=O)O)CC5C(=O)O)C(=O)O)CC4c4ccccc4)cc3)C(=O)O)ccc2O)CC(=O)O)c1. The van der Waals surface area contributed by atoms with Crippen LogP contribution in [0.15, 0.2) is 91.0 Å². The number of unbranched alkanes of at least 4 members (excludes halogenated alkanes) is 1. The molecule has 30 heteroatoms. The van der Waals surface area contributed by atoms with Crippen LogP contribution in [0, 0.1) is 5.92 Å². The second kappa shape index (κ2) is 32.2. The molecule has 6 atom stereocenters. The highest BCUT2D eigenvalue weighted by molar-refractivity contribution is 5.98. The van der Waals surface area contributed by atoms with Gasteiger partial charge < -0.3 is 82.6 Å². The van der Waals surface area contributed by atoms with E-state index in [0.29, 0.717) is 27.8 Å². The maximum atomic E-state index is 13.7. The van der Waals surface area contributed by atoms with Gasteiger partial charge in [0.1, 0.15) is 34.9 Å². The third-order valence-electron chi connectivity index (χ3n) is 15.3. The lowest BCUT2D eigenvalue weighted by Gasteiger charge is -2.26. The predicted molar refractivity (Wildman–Crippen MR) is 315 cm³/mol. The summed E-state index contributed by atoms with van der Waals surface area (Å²) in [4.78, 5) is 150. The van der Waals surface area contributed by atoms with Crippen LogP contribution in [-0.2, 0) is 85.1 Å². The molecule has 0 heterocycles. The molecule has 0 aliphatic heterocycles. The Balaban J connectivity index is 0.933. The van der Waals surface area contributed by atoms with E-state index in [0.717, 1.165) is 5.56 Å². The minimum atomic E-state index is -2.06. The molecule has 4 aromatic carbocycles.